The van der Waals surface area contributed by atoms with E-state index >= 15 is 0 Å². The van der Waals surface area contributed by atoms with E-state index in [0.717, 1.165) is 23.8 Å². The third-order valence-corrected chi connectivity index (χ3v) is 2.23. The molecule has 0 N–H and O–H groups in total. The van der Waals surface area contributed by atoms with Gasteiger partial charge in [-0.25, -0.2) is 4.79 Å². The van der Waals surface area contributed by atoms with E-state index in [2.05, 4.69) is 6.92 Å². The minimum absolute atomic E-state index is 0.203. The average Bonchev–Trinajstić information content (AvgIpc) is 2.19. The number of para-hydroxylation sites is 1. The number of aryl methyl sites for hydroxylation is 1. The molecule has 1 aromatic heterocycles. The second kappa shape index (κ2) is 3.66. The first-order chi connectivity index (χ1) is 6.81. The van der Waals surface area contributed by atoms with Crippen LogP contribution in [0.5, 0.6) is 0 Å². The first kappa shape index (κ1) is 9.00. The van der Waals surface area contributed by atoms with E-state index in [0.29, 0.717) is 5.58 Å². The predicted molar refractivity (Wildman–Crippen MR) is 56.5 cm³/mol. The number of hydrogen-bond acceptors (Lipinski definition) is 2. The summed E-state index contributed by atoms with van der Waals surface area (Å²) >= 11 is 0. The SMILES string of the molecule is CCCc1cc2ccccc2oc1=O. The third-order valence-electron chi connectivity index (χ3n) is 2.23. The van der Waals surface area contributed by atoms with Crippen LogP contribution in [-0.2, 0) is 6.42 Å². The van der Waals surface area contributed by atoms with Crippen LogP contribution in [-0.4, -0.2) is 0 Å². The fraction of sp³-hybridized carbons (Fsp3) is 0.250. The molecule has 0 radical (unpaired) electrons. The maximum atomic E-state index is 11.5. The van der Waals surface area contributed by atoms with E-state index in [4.69, 9.17) is 4.42 Å². The second-order valence-corrected chi connectivity index (χ2v) is 3.35. The topological polar surface area (TPSA) is 30.2 Å². The van der Waals surface area contributed by atoms with E-state index in [1.165, 1.54) is 0 Å². The highest BCUT2D eigenvalue weighted by Gasteiger charge is 2.02. The maximum absolute atomic E-state index is 11.5. The molecule has 0 bridgehead atoms. The molecule has 2 nitrogen and oxygen atoms in total. The molecule has 1 aromatic carbocycles. The molecule has 0 aliphatic rings. The van der Waals surface area contributed by atoms with Gasteiger partial charge in [0.2, 0.25) is 0 Å². The van der Waals surface area contributed by atoms with Crippen LogP contribution in [0.3, 0.4) is 0 Å². The van der Waals surface area contributed by atoms with Crippen molar-refractivity contribution in [2.75, 3.05) is 0 Å². The number of hydrogen-bond donors (Lipinski definition) is 0. The van der Waals surface area contributed by atoms with Gasteiger partial charge in [-0.1, -0.05) is 31.5 Å². The normalized spacial score (nSPS) is 10.6. The van der Waals surface area contributed by atoms with Crippen LogP contribution in [0.25, 0.3) is 11.0 Å². The van der Waals surface area contributed by atoms with Crippen LogP contribution in [0.2, 0.25) is 0 Å². The molecule has 0 spiro atoms. The third kappa shape index (κ3) is 1.55. The molecule has 0 fully saturated rings. The van der Waals surface area contributed by atoms with E-state index in [1.54, 1.807) is 0 Å². The smallest absolute Gasteiger partial charge is 0.339 e. The summed E-state index contributed by atoms with van der Waals surface area (Å²) in [7, 11) is 0. The van der Waals surface area contributed by atoms with Crippen LogP contribution in [0.15, 0.2) is 39.5 Å². The number of benzene rings is 1. The monoisotopic (exact) mass is 188 g/mol. The van der Waals surface area contributed by atoms with Gasteiger partial charge in [-0.2, -0.15) is 0 Å². The Labute approximate surface area is 82.2 Å². The van der Waals surface area contributed by atoms with E-state index < -0.39 is 0 Å². The predicted octanol–water partition coefficient (Wildman–Crippen LogP) is 2.75. The quantitative estimate of drug-likeness (QED) is 0.678. The Morgan fingerprint density at radius 2 is 2.07 bits per heavy atom. The fourth-order valence-electron chi connectivity index (χ4n) is 1.55. The molecular formula is C12H12O2. The summed E-state index contributed by atoms with van der Waals surface area (Å²) in [6.07, 6.45) is 1.75. The van der Waals surface area contributed by atoms with Crippen LogP contribution in [0.4, 0.5) is 0 Å². The lowest BCUT2D eigenvalue weighted by molar-refractivity contribution is 0.549. The molecule has 0 unspecified atom stereocenters. The maximum Gasteiger partial charge on any atom is 0.339 e. The number of rotatable bonds is 2. The summed E-state index contributed by atoms with van der Waals surface area (Å²) in [6, 6.07) is 9.50. The van der Waals surface area contributed by atoms with Crippen LogP contribution in [0.1, 0.15) is 18.9 Å². The highest BCUT2D eigenvalue weighted by Crippen LogP contribution is 2.13. The van der Waals surface area contributed by atoms with Crippen molar-refractivity contribution in [1.82, 2.24) is 0 Å². The molecule has 0 aliphatic heterocycles. The largest absolute Gasteiger partial charge is 0.423 e. The van der Waals surface area contributed by atoms with Crippen molar-refractivity contribution >= 4 is 11.0 Å². The van der Waals surface area contributed by atoms with Crippen molar-refractivity contribution in [2.45, 2.75) is 19.8 Å². The van der Waals surface area contributed by atoms with Crippen molar-refractivity contribution in [3.63, 3.8) is 0 Å². The van der Waals surface area contributed by atoms with Gasteiger partial charge in [0.25, 0.3) is 0 Å². The molecule has 0 atom stereocenters. The molecule has 2 aromatic rings. The van der Waals surface area contributed by atoms with Gasteiger partial charge in [0.1, 0.15) is 5.58 Å². The summed E-state index contributed by atoms with van der Waals surface area (Å²) in [6.45, 7) is 2.05. The van der Waals surface area contributed by atoms with E-state index in [-0.39, 0.29) is 5.63 Å². The zero-order chi connectivity index (χ0) is 9.97. The van der Waals surface area contributed by atoms with E-state index in [9.17, 15) is 4.79 Å². The fourth-order valence-corrected chi connectivity index (χ4v) is 1.55. The molecule has 1 heterocycles. The molecule has 0 amide bonds. The van der Waals surface area contributed by atoms with Gasteiger partial charge in [-0.3, -0.25) is 0 Å². The Morgan fingerprint density at radius 3 is 2.86 bits per heavy atom. The van der Waals surface area contributed by atoms with Crippen molar-refractivity contribution < 1.29 is 4.42 Å². The van der Waals surface area contributed by atoms with Crippen molar-refractivity contribution in [3.8, 4) is 0 Å². The van der Waals surface area contributed by atoms with Gasteiger partial charge < -0.3 is 4.42 Å². The van der Waals surface area contributed by atoms with Gasteiger partial charge in [-0.15, -0.1) is 0 Å². The van der Waals surface area contributed by atoms with Crippen molar-refractivity contribution in [3.05, 3.63) is 46.3 Å². The van der Waals surface area contributed by atoms with Gasteiger partial charge in [0.15, 0.2) is 0 Å². The van der Waals surface area contributed by atoms with Gasteiger partial charge >= 0.3 is 5.63 Å². The molecular weight excluding hydrogens is 176 g/mol. The second-order valence-electron chi connectivity index (χ2n) is 3.35. The van der Waals surface area contributed by atoms with Crippen LogP contribution in [0, 0.1) is 0 Å². The Kier molecular flexibility index (Phi) is 2.35. The summed E-state index contributed by atoms with van der Waals surface area (Å²) in [5.41, 5.74) is 1.23. The molecule has 14 heavy (non-hydrogen) atoms. The van der Waals surface area contributed by atoms with Crippen LogP contribution < -0.4 is 5.63 Å². The highest BCUT2D eigenvalue weighted by molar-refractivity contribution is 5.76. The summed E-state index contributed by atoms with van der Waals surface area (Å²) in [4.78, 5) is 11.5. The summed E-state index contributed by atoms with van der Waals surface area (Å²) < 4.78 is 5.19. The molecule has 72 valence electrons. The minimum atomic E-state index is -0.203. The molecule has 0 saturated carbocycles. The lowest BCUT2D eigenvalue weighted by atomic mass is 10.1. The van der Waals surface area contributed by atoms with Crippen molar-refractivity contribution in [2.24, 2.45) is 0 Å². The van der Waals surface area contributed by atoms with Gasteiger partial charge in [0.05, 0.1) is 0 Å². The first-order valence-electron chi connectivity index (χ1n) is 4.83. The van der Waals surface area contributed by atoms with Crippen molar-refractivity contribution in [1.29, 1.82) is 0 Å². The molecule has 0 saturated heterocycles. The van der Waals surface area contributed by atoms with Crippen LogP contribution >= 0.6 is 0 Å². The summed E-state index contributed by atoms with van der Waals surface area (Å²) in [5, 5.41) is 0.996. The Hall–Kier alpha value is -1.57. The zero-order valence-corrected chi connectivity index (χ0v) is 8.12. The highest BCUT2D eigenvalue weighted by atomic mass is 16.4. The van der Waals surface area contributed by atoms with Gasteiger partial charge in [0, 0.05) is 10.9 Å². The number of fused-ring (bicyclic) bond motifs is 1. The average molecular weight is 188 g/mol. The van der Waals surface area contributed by atoms with E-state index in [1.807, 2.05) is 30.3 Å². The minimum Gasteiger partial charge on any atom is -0.423 e. The molecule has 2 heteroatoms. The Bertz CT molecular complexity index is 497. The Morgan fingerprint density at radius 1 is 1.29 bits per heavy atom. The first-order valence-corrected chi connectivity index (χ1v) is 4.83. The zero-order valence-electron chi connectivity index (χ0n) is 8.12. The lowest BCUT2D eigenvalue weighted by Crippen LogP contribution is -2.06. The molecule has 0 aliphatic carbocycles. The Balaban J connectivity index is 2.65. The standard InChI is InChI=1S/C12H12O2/c1-2-5-10-8-9-6-3-4-7-11(9)14-12(10)13/h3-4,6-8H,2,5H2,1H3. The summed E-state index contributed by atoms with van der Waals surface area (Å²) in [5.74, 6) is 0. The molecule has 2 rings (SSSR count). The lowest BCUT2D eigenvalue weighted by Gasteiger charge is -1.99. The van der Waals surface area contributed by atoms with Gasteiger partial charge in [-0.05, 0) is 18.6 Å².